The maximum absolute atomic E-state index is 10.9. The zero-order valence-electron chi connectivity index (χ0n) is 7.65. The first kappa shape index (κ1) is 8.75. The standard InChI is InChI=1S/C10H15NO2/c1-2-5-11-7-3-4-9(11)8(6-7)10(12)13/h2,7-9H,1,3-6H2,(H,12,13). The number of nitrogens with zero attached hydrogens (tertiary/aromatic N) is 1. The molecule has 2 aliphatic rings. The van der Waals surface area contributed by atoms with Gasteiger partial charge >= 0.3 is 5.97 Å². The summed E-state index contributed by atoms with van der Waals surface area (Å²) in [4.78, 5) is 13.2. The van der Waals surface area contributed by atoms with E-state index in [2.05, 4.69) is 11.5 Å². The first-order valence-electron chi connectivity index (χ1n) is 4.83. The van der Waals surface area contributed by atoms with Crippen LogP contribution in [0.25, 0.3) is 0 Å². The molecule has 0 aromatic heterocycles. The van der Waals surface area contributed by atoms with Gasteiger partial charge in [0.15, 0.2) is 0 Å². The minimum atomic E-state index is -0.624. The summed E-state index contributed by atoms with van der Waals surface area (Å²) in [7, 11) is 0. The van der Waals surface area contributed by atoms with Gasteiger partial charge in [-0.3, -0.25) is 9.69 Å². The Morgan fingerprint density at radius 1 is 1.62 bits per heavy atom. The Bertz CT molecular complexity index is 239. The molecule has 0 aromatic carbocycles. The van der Waals surface area contributed by atoms with Crippen molar-refractivity contribution in [3.05, 3.63) is 12.7 Å². The summed E-state index contributed by atoms with van der Waals surface area (Å²) in [6.07, 6.45) is 4.93. The van der Waals surface area contributed by atoms with E-state index in [9.17, 15) is 4.79 Å². The van der Waals surface area contributed by atoms with Gasteiger partial charge in [0.25, 0.3) is 0 Å². The van der Waals surface area contributed by atoms with Crippen LogP contribution >= 0.6 is 0 Å². The number of hydrogen-bond acceptors (Lipinski definition) is 2. The van der Waals surface area contributed by atoms with Crippen LogP contribution in [-0.2, 0) is 4.79 Å². The maximum atomic E-state index is 10.9. The second-order valence-corrected chi connectivity index (χ2v) is 3.96. The first-order chi connectivity index (χ1) is 6.24. The monoisotopic (exact) mass is 181 g/mol. The fraction of sp³-hybridized carbons (Fsp3) is 0.700. The molecular formula is C10H15NO2. The molecule has 0 spiro atoms. The molecular weight excluding hydrogens is 166 g/mol. The third-order valence-corrected chi connectivity index (χ3v) is 3.34. The van der Waals surface area contributed by atoms with Crippen LogP contribution in [0.5, 0.6) is 0 Å². The smallest absolute Gasteiger partial charge is 0.308 e. The predicted molar refractivity (Wildman–Crippen MR) is 49.5 cm³/mol. The lowest BCUT2D eigenvalue weighted by molar-refractivity contribution is -0.142. The van der Waals surface area contributed by atoms with Gasteiger partial charge in [-0.15, -0.1) is 6.58 Å². The van der Waals surface area contributed by atoms with Crippen LogP contribution in [0.1, 0.15) is 19.3 Å². The Morgan fingerprint density at radius 3 is 2.92 bits per heavy atom. The van der Waals surface area contributed by atoms with Crippen LogP contribution in [0, 0.1) is 5.92 Å². The highest BCUT2D eigenvalue weighted by Gasteiger charge is 2.48. The van der Waals surface area contributed by atoms with Gasteiger partial charge < -0.3 is 5.11 Å². The van der Waals surface area contributed by atoms with Gasteiger partial charge in [0, 0.05) is 18.6 Å². The van der Waals surface area contributed by atoms with E-state index in [0.717, 1.165) is 19.4 Å². The van der Waals surface area contributed by atoms with E-state index in [0.29, 0.717) is 6.04 Å². The maximum Gasteiger partial charge on any atom is 0.308 e. The number of fused-ring (bicyclic) bond motifs is 2. The highest BCUT2D eigenvalue weighted by Crippen LogP contribution is 2.41. The molecule has 72 valence electrons. The fourth-order valence-corrected chi connectivity index (χ4v) is 2.80. The first-order valence-corrected chi connectivity index (χ1v) is 4.83. The predicted octanol–water partition coefficient (Wildman–Crippen LogP) is 1.11. The van der Waals surface area contributed by atoms with Crippen LogP contribution in [-0.4, -0.2) is 34.6 Å². The molecule has 3 nitrogen and oxygen atoms in total. The van der Waals surface area contributed by atoms with Gasteiger partial charge in [-0.25, -0.2) is 0 Å². The topological polar surface area (TPSA) is 40.5 Å². The number of rotatable bonds is 3. The second kappa shape index (κ2) is 3.14. The quantitative estimate of drug-likeness (QED) is 0.663. The fourth-order valence-electron chi connectivity index (χ4n) is 2.80. The minimum Gasteiger partial charge on any atom is -0.481 e. The number of aliphatic carboxylic acids is 1. The van der Waals surface area contributed by atoms with Crippen LogP contribution in [0.2, 0.25) is 0 Å². The Balaban J connectivity index is 2.10. The van der Waals surface area contributed by atoms with Crippen molar-refractivity contribution in [3.63, 3.8) is 0 Å². The highest BCUT2D eigenvalue weighted by atomic mass is 16.4. The molecule has 3 unspecified atom stereocenters. The van der Waals surface area contributed by atoms with E-state index < -0.39 is 5.97 Å². The highest BCUT2D eigenvalue weighted by molar-refractivity contribution is 5.71. The van der Waals surface area contributed by atoms with Crippen LogP contribution in [0.4, 0.5) is 0 Å². The minimum absolute atomic E-state index is 0.126. The molecule has 2 rings (SSSR count). The Labute approximate surface area is 78.0 Å². The summed E-state index contributed by atoms with van der Waals surface area (Å²) in [6, 6.07) is 0.782. The van der Waals surface area contributed by atoms with Crippen molar-refractivity contribution in [3.8, 4) is 0 Å². The second-order valence-electron chi connectivity index (χ2n) is 3.96. The third-order valence-electron chi connectivity index (χ3n) is 3.34. The van der Waals surface area contributed by atoms with E-state index >= 15 is 0 Å². The number of carbonyl (C=O) groups is 1. The van der Waals surface area contributed by atoms with Crippen LogP contribution in [0.15, 0.2) is 12.7 Å². The molecule has 1 N–H and O–H groups in total. The zero-order chi connectivity index (χ0) is 9.42. The van der Waals surface area contributed by atoms with Gasteiger partial charge in [-0.1, -0.05) is 6.08 Å². The Hall–Kier alpha value is -0.830. The van der Waals surface area contributed by atoms with E-state index in [1.165, 1.54) is 6.42 Å². The lowest BCUT2D eigenvalue weighted by atomic mass is 9.89. The summed E-state index contributed by atoms with van der Waals surface area (Å²) in [5, 5.41) is 8.97. The molecule has 2 fully saturated rings. The Morgan fingerprint density at radius 2 is 2.38 bits per heavy atom. The van der Waals surface area contributed by atoms with Crippen molar-refractivity contribution in [2.45, 2.75) is 31.3 Å². The van der Waals surface area contributed by atoms with Gasteiger partial charge in [-0.2, -0.15) is 0 Å². The third kappa shape index (κ3) is 1.27. The number of carboxylic acids is 1. The van der Waals surface area contributed by atoms with E-state index in [1.54, 1.807) is 0 Å². The molecule has 0 radical (unpaired) electrons. The summed E-state index contributed by atoms with van der Waals surface area (Å²) in [5.74, 6) is -0.750. The molecule has 0 amide bonds. The van der Waals surface area contributed by atoms with E-state index in [-0.39, 0.29) is 12.0 Å². The molecule has 2 bridgehead atoms. The van der Waals surface area contributed by atoms with Crippen molar-refractivity contribution < 1.29 is 9.90 Å². The largest absolute Gasteiger partial charge is 0.481 e. The zero-order valence-corrected chi connectivity index (χ0v) is 7.65. The molecule has 2 saturated heterocycles. The van der Waals surface area contributed by atoms with Gasteiger partial charge in [0.1, 0.15) is 0 Å². The molecule has 0 aromatic rings. The lowest BCUT2D eigenvalue weighted by Crippen LogP contribution is -2.32. The van der Waals surface area contributed by atoms with Crippen molar-refractivity contribution >= 4 is 5.97 Å². The molecule has 2 aliphatic heterocycles. The summed E-state index contributed by atoms with van der Waals surface area (Å²) < 4.78 is 0. The van der Waals surface area contributed by atoms with Crippen molar-refractivity contribution in [2.75, 3.05) is 6.54 Å². The summed E-state index contributed by atoms with van der Waals surface area (Å²) in [6.45, 7) is 4.55. The summed E-state index contributed by atoms with van der Waals surface area (Å²) >= 11 is 0. The Kier molecular flexibility index (Phi) is 2.12. The number of hydrogen-bond donors (Lipinski definition) is 1. The number of carboxylic acid groups (broad SMARTS) is 1. The van der Waals surface area contributed by atoms with E-state index in [4.69, 9.17) is 5.11 Å². The van der Waals surface area contributed by atoms with Gasteiger partial charge in [0.2, 0.25) is 0 Å². The van der Waals surface area contributed by atoms with Crippen molar-refractivity contribution in [1.29, 1.82) is 0 Å². The van der Waals surface area contributed by atoms with Crippen LogP contribution in [0.3, 0.4) is 0 Å². The SMILES string of the molecule is C=CCN1C2CCC1C(C(=O)O)C2. The van der Waals surface area contributed by atoms with Gasteiger partial charge in [0.05, 0.1) is 5.92 Å². The molecule has 0 saturated carbocycles. The average molecular weight is 181 g/mol. The molecule has 2 heterocycles. The molecule has 0 aliphatic carbocycles. The lowest BCUT2D eigenvalue weighted by Gasteiger charge is -2.20. The molecule has 3 atom stereocenters. The molecule has 3 heteroatoms. The van der Waals surface area contributed by atoms with Crippen LogP contribution < -0.4 is 0 Å². The summed E-state index contributed by atoms with van der Waals surface area (Å²) in [5.41, 5.74) is 0. The normalized spacial score (nSPS) is 38.0. The molecule has 13 heavy (non-hydrogen) atoms. The van der Waals surface area contributed by atoms with E-state index in [1.807, 2.05) is 6.08 Å². The average Bonchev–Trinajstić information content (AvgIpc) is 2.63. The van der Waals surface area contributed by atoms with Gasteiger partial charge in [-0.05, 0) is 19.3 Å². The van der Waals surface area contributed by atoms with Crippen molar-refractivity contribution in [2.24, 2.45) is 5.92 Å². The van der Waals surface area contributed by atoms with Crippen molar-refractivity contribution in [1.82, 2.24) is 4.90 Å².